The molecule has 0 bridgehead atoms. The summed E-state index contributed by atoms with van der Waals surface area (Å²) in [6.07, 6.45) is 2.33. The van der Waals surface area contributed by atoms with Crippen molar-refractivity contribution in [1.82, 2.24) is 0 Å². The van der Waals surface area contributed by atoms with Crippen molar-refractivity contribution in [2.45, 2.75) is 19.8 Å². The number of nitrogens with one attached hydrogen (secondary N) is 1. The van der Waals surface area contributed by atoms with Gasteiger partial charge in [0.1, 0.15) is 0 Å². The number of rotatable bonds is 4. The third kappa shape index (κ3) is 2.55. The Balaban J connectivity index is 2.67. The Morgan fingerprint density at radius 3 is 2.92 bits per heavy atom. The lowest BCUT2D eigenvalue weighted by atomic mass is 10.1. The van der Waals surface area contributed by atoms with Crippen LogP contribution in [0.1, 0.15) is 18.9 Å². The summed E-state index contributed by atoms with van der Waals surface area (Å²) in [7, 11) is 0. The van der Waals surface area contributed by atoms with E-state index in [0.717, 1.165) is 12.1 Å². The van der Waals surface area contributed by atoms with Gasteiger partial charge in [0.05, 0.1) is 6.67 Å². The van der Waals surface area contributed by atoms with Crippen LogP contribution < -0.4 is 11.1 Å². The van der Waals surface area contributed by atoms with Gasteiger partial charge < -0.3 is 11.1 Å². The lowest BCUT2D eigenvalue weighted by Crippen LogP contribution is -2.10. The van der Waals surface area contributed by atoms with Gasteiger partial charge in [-0.2, -0.15) is 0 Å². The van der Waals surface area contributed by atoms with Crippen molar-refractivity contribution in [2.24, 2.45) is 5.73 Å². The van der Waals surface area contributed by atoms with Crippen LogP contribution in [-0.2, 0) is 6.42 Å². The van der Waals surface area contributed by atoms with Gasteiger partial charge in [0, 0.05) is 5.69 Å². The van der Waals surface area contributed by atoms with E-state index in [1.54, 1.807) is 0 Å². The van der Waals surface area contributed by atoms with Crippen molar-refractivity contribution in [2.75, 3.05) is 12.0 Å². The molecule has 0 radical (unpaired) electrons. The first-order valence-corrected chi connectivity index (χ1v) is 4.39. The van der Waals surface area contributed by atoms with Crippen LogP contribution >= 0.6 is 0 Å². The Labute approximate surface area is 73.8 Å². The molecule has 0 aliphatic heterocycles. The molecule has 2 nitrogen and oxygen atoms in total. The highest BCUT2D eigenvalue weighted by atomic mass is 15.0. The first-order chi connectivity index (χ1) is 5.86. The van der Waals surface area contributed by atoms with Crippen LogP contribution in [0.4, 0.5) is 5.69 Å². The summed E-state index contributed by atoms with van der Waals surface area (Å²) in [5.74, 6) is 0. The SMILES string of the molecule is CCCc1cccc(NCN)c1. The highest BCUT2D eigenvalue weighted by Gasteiger charge is 1.92. The second-order valence-electron chi connectivity index (χ2n) is 2.83. The third-order valence-electron chi connectivity index (χ3n) is 1.77. The van der Waals surface area contributed by atoms with Crippen molar-refractivity contribution in [3.05, 3.63) is 29.8 Å². The van der Waals surface area contributed by atoms with Gasteiger partial charge in [0.2, 0.25) is 0 Å². The maximum Gasteiger partial charge on any atom is 0.0628 e. The van der Waals surface area contributed by atoms with Gasteiger partial charge in [-0.25, -0.2) is 0 Å². The van der Waals surface area contributed by atoms with Crippen molar-refractivity contribution in [3.63, 3.8) is 0 Å². The summed E-state index contributed by atoms with van der Waals surface area (Å²) >= 11 is 0. The monoisotopic (exact) mass is 164 g/mol. The summed E-state index contributed by atoms with van der Waals surface area (Å²) in [5, 5.41) is 3.08. The molecule has 0 saturated carbocycles. The molecule has 0 saturated heterocycles. The molecule has 0 atom stereocenters. The molecular weight excluding hydrogens is 148 g/mol. The average Bonchev–Trinajstić information content (AvgIpc) is 2.06. The lowest BCUT2D eigenvalue weighted by molar-refractivity contribution is 0.921. The van der Waals surface area contributed by atoms with E-state index >= 15 is 0 Å². The van der Waals surface area contributed by atoms with E-state index in [1.807, 2.05) is 6.07 Å². The summed E-state index contributed by atoms with van der Waals surface area (Å²) < 4.78 is 0. The second kappa shape index (κ2) is 4.78. The molecule has 0 fully saturated rings. The quantitative estimate of drug-likeness (QED) is 0.668. The summed E-state index contributed by atoms with van der Waals surface area (Å²) in [6, 6.07) is 8.39. The van der Waals surface area contributed by atoms with E-state index < -0.39 is 0 Å². The first kappa shape index (κ1) is 9.07. The van der Waals surface area contributed by atoms with Crippen LogP contribution in [0.15, 0.2) is 24.3 Å². The summed E-state index contributed by atoms with van der Waals surface area (Å²) in [6.45, 7) is 2.68. The van der Waals surface area contributed by atoms with E-state index in [1.165, 1.54) is 12.0 Å². The average molecular weight is 164 g/mol. The molecule has 0 aliphatic rings. The van der Waals surface area contributed by atoms with Gasteiger partial charge >= 0.3 is 0 Å². The van der Waals surface area contributed by atoms with E-state index in [2.05, 4.69) is 30.4 Å². The number of nitrogens with two attached hydrogens (primary N) is 1. The van der Waals surface area contributed by atoms with Crippen molar-refractivity contribution in [3.8, 4) is 0 Å². The minimum atomic E-state index is 0.496. The predicted octanol–water partition coefficient (Wildman–Crippen LogP) is 1.97. The smallest absolute Gasteiger partial charge is 0.0628 e. The van der Waals surface area contributed by atoms with Gasteiger partial charge in [-0.1, -0.05) is 25.5 Å². The third-order valence-corrected chi connectivity index (χ3v) is 1.77. The number of anilines is 1. The zero-order valence-electron chi connectivity index (χ0n) is 7.51. The minimum Gasteiger partial charge on any atom is -0.373 e. The Kier molecular flexibility index (Phi) is 3.61. The Morgan fingerprint density at radius 1 is 1.42 bits per heavy atom. The fraction of sp³-hybridized carbons (Fsp3) is 0.400. The molecule has 0 heterocycles. The van der Waals surface area contributed by atoms with Crippen molar-refractivity contribution in [1.29, 1.82) is 0 Å². The Morgan fingerprint density at radius 2 is 2.25 bits per heavy atom. The first-order valence-electron chi connectivity index (χ1n) is 4.39. The molecule has 1 aromatic carbocycles. The summed E-state index contributed by atoms with van der Waals surface area (Å²) in [4.78, 5) is 0. The second-order valence-corrected chi connectivity index (χ2v) is 2.83. The van der Waals surface area contributed by atoms with E-state index in [0.29, 0.717) is 6.67 Å². The van der Waals surface area contributed by atoms with Gasteiger partial charge in [0.25, 0.3) is 0 Å². The maximum atomic E-state index is 5.37. The van der Waals surface area contributed by atoms with E-state index in [4.69, 9.17) is 5.73 Å². The molecule has 0 spiro atoms. The molecule has 0 aromatic heterocycles. The van der Waals surface area contributed by atoms with Crippen LogP contribution in [-0.4, -0.2) is 6.67 Å². The lowest BCUT2D eigenvalue weighted by Gasteiger charge is -2.04. The molecule has 3 N–H and O–H groups in total. The zero-order valence-corrected chi connectivity index (χ0v) is 7.51. The normalized spacial score (nSPS) is 9.83. The maximum absolute atomic E-state index is 5.37. The largest absolute Gasteiger partial charge is 0.373 e. The number of aryl methyl sites for hydroxylation is 1. The molecule has 2 heteroatoms. The topological polar surface area (TPSA) is 38.0 Å². The number of benzene rings is 1. The number of hydrogen-bond donors (Lipinski definition) is 2. The molecule has 0 amide bonds. The molecule has 1 rings (SSSR count). The predicted molar refractivity (Wildman–Crippen MR) is 53.1 cm³/mol. The van der Waals surface area contributed by atoms with Crippen LogP contribution in [0.2, 0.25) is 0 Å². The Hall–Kier alpha value is -1.02. The van der Waals surface area contributed by atoms with E-state index in [-0.39, 0.29) is 0 Å². The van der Waals surface area contributed by atoms with Crippen LogP contribution in [0, 0.1) is 0 Å². The van der Waals surface area contributed by atoms with Crippen LogP contribution in [0.25, 0.3) is 0 Å². The van der Waals surface area contributed by atoms with Gasteiger partial charge in [0.15, 0.2) is 0 Å². The van der Waals surface area contributed by atoms with Crippen LogP contribution in [0.5, 0.6) is 0 Å². The van der Waals surface area contributed by atoms with Crippen LogP contribution in [0.3, 0.4) is 0 Å². The van der Waals surface area contributed by atoms with Gasteiger partial charge in [-0.15, -0.1) is 0 Å². The summed E-state index contributed by atoms with van der Waals surface area (Å²) in [5.41, 5.74) is 7.86. The zero-order chi connectivity index (χ0) is 8.81. The van der Waals surface area contributed by atoms with Crippen molar-refractivity contribution < 1.29 is 0 Å². The molecule has 1 aromatic rings. The highest BCUT2D eigenvalue weighted by Crippen LogP contribution is 2.11. The van der Waals surface area contributed by atoms with Gasteiger partial charge in [-0.05, 0) is 24.1 Å². The molecule has 66 valence electrons. The Bertz CT molecular complexity index is 212. The van der Waals surface area contributed by atoms with E-state index in [9.17, 15) is 0 Å². The molecule has 0 aliphatic carbocycles. The fourth-order valence-corrected chi connectivity index (χ4v) is 1.24. The van der Waals surface area contributed by atoms with Gasteiger partial charge in [-0.3, -0.25) is 0 Å². The molecule has 12 heavy (non-hydrogen) atoms. The fourth-order valence-electron chi connectivity index (χ4n) is 1.24. The molecule has 0 unspecified atom stereocenters. The highest BCUT2D eigenvalue weighted by molar-refractivity contribution is 5.45. The molecular formula is C10H16N2. The number of hydrogen-bond acceptors (Lipinski definition) is 2. The minimum absolute atomic E-state index is 0.496. The van der Waals surface area contributed by atoms with Crippen molar-refractivity contribution >= 4 is 5.69 Å². The standard InChI is InChI=1S/C10H16N2/c1-2-4-9-5-3-6-10(7-9)12-8-11/h3,5-7,12H,2,4,8,11H2,1H3.